The van der Waals surface area contributed by atoms with E-state index >= 15 is 0 Å². The molecule has 0 saturated heterocycles. The van der Waals surface area contributed by atoms with Crippen LogP contribution in [0.3, 0.4) is 0 Å². The molecule has 1 heterocycles. The Morgan fingerprint density at radius 2 is 2.21 bits per heavy atom. The average Bonchev–Trinajstić information content (AvgIpc) is 2.76. The first kappa shape index (κ1) is 13.7. The SMILES string of the molecule is Cc1cccc(-c2nc(CN(C)CC(C)O)no2)c1. The summed E-state index contributed by atoms with van der Waals surface area (Å²) in [6.45, 7) is 4.91. The molecule has 2 rings (SSSR count). The number of aryl methyl sites for hydroxylation is 1. The number of nitrogens with zero attached hydrogens (tertiary/aromatic N) is 3. The fraction of sp³-hybridized carbons (Fsp3) is 0.429. The van der Waals surface area contributed by atoms with Crippen molar-refractivity contribution in [3.63, 3.8) is 0 Å². The zero-order valence-corrected chi connectivity index (χ0v) is 11.5. The predicted octanol–water partition coefficient (Wildman–Crippen LogP) is 1.86. The summed E-state index contributed by atoms with van der Waals surface area (Å²) in [5.41, 5.74) is 2.08. The van der Waals surface area contributed by atoms with Gasteiger partial charge in [-0.2, -0.15) is 4.98 Å². The summed E-state index contributed by atoms with van der Waals surface area (Å²) < 4.78 is 5.26. The molecule has 1 unspecified atom stereocenters. The number of likely N-dealkylation sites (N-methyl/N-ethyl adjacent to an activating group) is 1. The van der Waals surface area contributed by atoms with Crippen LogP contribution in [0.5, 0.6) is 0 Å². The van der Waals surface area contributed by atoms with E-state index in [9.17, 15) is 5.11 Å². The molecule has 0 fully saturated rings. The molecule has 1 atom stereocenters. The molecule has 0 spiro atoms. The Hall–Kier alpha value is -1.72. The lowest BCUT2D eigenvalue weighted by molar-refractivity contribution is 0.136. The van der Waals surface area contributed by atoms with Crippen molar-refractivity contribution < 1.29 is 9.63 Å². The van der Waals surface area contributed by atoms with Gasteiger partial charge in [0.15, 0.2) is 5.82 Å². The molecular weight excluding hydrogens is 242 g/mol. The molecule has 2 aromatic rings. The summed E-state index contributed by atoms with van der Waals surface area (Å²) in [6, 6.07) is 7.95. The maximum absolute atomic E-state index is 9.31. The largest absolute Gasteiger partial charge is 0.392 e. The van der Waals surface area contributed by atoms with Crippen LogP contribution in [-0.2, 0) is 6.54 Å². The van der Waals surface area contributed by atoms with Gasteiger partial charge >= 0.3 is 0 Å². The van der Waals surface area contributed by atoms with E-state index in [2.05, 4.69) is 10.1 Å². The van der Waals surface area contributed by atoms with Crippen molar-refractivity contribution >= 4 is 0 Å². The zero-order chi connectivity index (χ0) is 13.8. The lowest BCUT2D eigenvalue weighted by atomic mass is 10.1. The van der Waals surface area contributed by atoms with Crippen molar-refractivity contribution in [1.29, 1.82) is 0 Å². The standard InChI is InChI=1S/C14H19N3O2/c1-10-5-4-6-12(7-10)14-15-13(16-19-14)9-17(3)8-11(2)18/h4-7,11,18H,8-9H2,1-3H3. The molecule has 0 radical (unpaired) electrons. The highest BCUT2D eigenvalue weighted by Crippen LogP contribution is 2.18. The monoisotopic (exact) mass is 261 g/mol. The second-order valence-electron chi connectivity index (χ2n) is 4.93. The van der Waals surface area contributed by atoms with Gasteiger partial charge in [0.05, 0.1) is 12.6 Å². The van der Waals surface area contributed by atoms with Gasteiger partial charge in [-0.3, -0.25) is 4.90 Å². The predicted molar refractivity (Wildman–Crippen MR) is 72.5 cm³/mol. The summed E-state index contributed by atoms with van der Waals surface area (Å²) in [4.78, 5) is 6.32. The average molecular weight is 261 g/mol. The summed E-state index contributed by atoms with van der Waals surface area (Å²) in [6.07, 6.45) is -0.367. The van der Waals surface area contributed by atoms with Gasteiger partial charge in [0, 0.05) is 12.1 Å². The van der Waals surface area contributed by atoms with Gasteiger partial charge in [-0.1, -0.05) is 22.9 Å². The molecule has 0 bridgehead atoms. The van der Waals surface area contributed by atoms with Gasteiger partial charge in [0.25, 0.3) is 5.89 Å². The van der Waals surface area contributed by atoms with E-state index in [4.69, 9.17) is 4.52 Å². The second-order valence-corrected chi connectivity index (χ2v) is 4.93. The summed E-state index contributed by atoms with van der Waals surface area (Å²) >= 11 is 0. The number of rotatable bonds is 5. The Morgan fingerprint density at radius 3 is 2.89 bits per heavy atom. The molecule has 1 aromatic heterocycles. The molecule has 0 aliphatic carbocycles. The van der Waals surface area contributed by atoms with E-state index in [1.165, 1.54) is 0 Å². The molecule has 0 aliphatic heterocycles. The lowest BCUT2D eigenvalue weighted by Crippen LogP contribution is -2.27. The number of aliphatic hydroxyl groups is 1. The third-order valence-electron chi connectivity index (χ3n) is 2.72. The maximum Gasteiger partial charge on any atom is 0.257 e. The Kier molecular flexibility index (Phi) is 4.29. The van der Waals surface area contributed by atoms with Crippen molar-refractivity contribution in [2.45, 2.75) is 26.5 Å². The highest BCUT2D eigenvalue weighted by Gasteiger charge is 2.11. The van der Waals surface area contributed by atoms with E-state index in [1.807, 2.05) is 43.1 Å². The molecule has 5 nitrogen and oxygen atoms in total. The van der Waals surface area contributed by atoms with E-state index in [0.717, 1.165) is 11.1 Å². The topological polar surface area (TPSA) is 62.4 Å². The minimum atomic E-state index is -0.367. The molecule has 0 saturated carbocycles. The first-order valence-corrected chi connectivity index (χ1v) is 6.31. The number of hydrogen-bond donors (Lipinski definition) is 1. The van der Waals surface area contributed by atoms with E-state index in [0.29, 0.717) is 24.8 Å². The normalized spacial score (nSPS) is 12.9. The molecule has 1 aromatic carbocycles. The highest BCUT2D eigenvalue weighted by molar-refractivity contribution is 5.53. The van der Waals surface area contributed by atoms with Gasteiger partial charge in [-0.15, -0.1) is 0 Å². The fourth-order valence-corrected chi connectivity index (χ4v) is 1.97. The molecule has 0 amide bonds. The van der Waals surface area contributed by atoms with Crippen molar-refractivity contribution in [2.24, 2.45) is 0 Å². The van der Waals surface area contributed by atoms with Crippen LogP contribution >= 0.6 is 0 Å². The van der Waals surface area contributed by atoms with Gasteiger partial charge < -0.3 is 9.63 Å². The number of hydrogen-bond acceptors (Lipinski definition) is 5. The van der Waals surface area contributed by atoms with Gasteiger partial charge in [0.1, 0.15) is 0 Å². The van der Waals surface area contributed by atoms with Gasteiger partial charge in [-0.05, 0) is 33.0 Å². The van der Waals surface area contributed by atoms with Crippen LogP contribution in [0.2, 0.25) is 0 Å². The summed E-state index contributed by atoms with van der Waals surface area (Å²) in [5.74, 6) is 1.16. The van der Waals surface area contributed by atoms with Crippen molar-refractivity contribution in [3.05, 3.63) is 35.7 Å². The first-order valence-electron chi connectivity index (χ1n) is 6.31. The van der Waals surface area contributed by atoms with E-state index in [-0.39, 0.29) is 6.10 Å². The molecule has 5 heteroatoms. The number of aromatic nitrogens is 2. The smallest absolute Gasteiger partial charge is 0.257 e. The van der Waals surface area contributed by atoms with Crippen LogP contribution in [0, 0.1) is 6.92 Å². The quantitative estimate of drug-likeness (QED) is 0.890. The van der Waals surface area contributed by atoms with Crippen LogP contribution in [-0.4, -0.2) is 39.8 Å². The van der Waals surface area contributed by atoms with Crippen LogP contribution in [0.15, 0.2) is 28.8 Å². The molecular formula is C14H19N3O2. The van der Waals surface area contributed by atoms with Crippen molar-refractivity contribution in [3.8, 4) is 11.5 Å². The van der Waals surface area contributed by atoms with Crippen LogP contribution in [0.4, 0.5) is 0 Å². The Balaban J connectivity index is 2.07. The number of benzene rings is 1. The minimum Gasteiger partial charge on any atom is -0.392 e. The van der Waals surface area contributed by atoms with Gasteiger partial charge in [-0.25, -0.2) is 0 Å². The zero-order valence-electron chi connectivity index (χ0n) is 11.5. The van der Waals surface area contributed by atoms with Gasteiger partial charge in [0.2, 0.25) is 0 Å². The Morgan fingerprint density at radius 1 is 1.42 bits per heavy atom. The number of aliphatic hydroxyl groups excluding tert-OH is 1. The molecule has 1 N–H and O–H groups in total. The fourth-order valence-electron chi connectivity index (χ4n) is 1.97. The van der Waals surface area contributed by atoms with Crippen LogP contribution in [0.1, 0.15) is 18.3 Å². The maximum atomic E-state index is 9.31. The highest BCUT2D eigenvalue weighted by atomic mass is 16.5. The third-order valence-corrected chi connectivity index (χ3v) is 2.72. The van der Waals surface area contributed by atoms with Crippen LogP contribution < -0.4 is 0 Å². The van der Waals surface area contributed by atoms with Crippen molar-refractivity contribution in [2.75, 3.05) is 13.6 Å². The second kappa shape index (κ2) is 5.95. The van der Waals surface area contributed by atoms with Crippen LogP contribution in [0.25, 0.3) is 11.5 Å². The summed E-state index contributed by atoms with van der Waals surface area (Å²) in [7, 11) is 1.91. The molecule has 19 heavy (non-hydrogen) atoms. The van der Waals surface area contributed by atoms with Crippen molar-refractivity contribution in [1.82, 2.24) is 15.0 Å². The van der Waals surface area contributed by atoms with E-state index in [1.54, 1.807) is 6.92 Å². The Labute approximate surface area is 112 Å². The summed E-state index contributed by atoms with van der Waals surface area (Å²) in [5, 5.41) is 13.3. The first-order chi connectivity index (χ1) is 9.04. The minimum absolute atomic E-state index is 0.367. The molecule has 0 aliphatic rings. The Bertz CT molecular complexity index is 537. The third kappa shape index (κ3) is 3.87. The molecule has 102 valence electrons. The lowest BCUT2D eigenvalue weighted by Gasteiger charge is -2.15. The van der Waals surface area contributed by atoms with E-state index < -0.39 is 0 Å².